The van der Waals surface area contributed by atoms with Crippen LogP contribution in [0.3, 0.4) is 0 Å². The highest BCUT2D eigenvalue weighted by molar-refractivity contribution is 6.05. The van der Waals surface area contributed by atoms with Crippen molar-refractivity contribution in [3.8, 4) is 0 Å². The molecule has 0 aromatic heterocycles. The minimum absolute atomic E-state index is 0.0672. The molecule has 0 aliphatic rings. The molecule has 6 nitrogen and oxygen atoms in total. The van der Waals surface area contributed by atoms with E-state index in [0.29, 0.717) is 6.54 Å². The number of hydrogen-bond donors (Lipinski definition) is 2. The van der Waals surface area contributed by atoms with Gasteiger partial charge in [0.2, 0.25) is 0 Å². The maximum absolute atomic E-state index is 11.6. The minimum Gasteiger partial charge on any atom is -0.478 e. The predicted molar refractivity (Wildman–Crippen MR) is 67.4 cm³/mol. The molecule has 0 aliphatic carbocycles. The monoisotopic (exact) mass is 265 g/mol. The van der Waals surface area contributed by atoms with Gasteiger partial charge in [-0.3, -0.25) is 4.79 Å². The highest BCUT2D eigenvalue weighted by Crippen LogP contribution is 2.14. The van der Waals surface area contributed by atoms with Crippen LogP contribution in [0, 0.1) is 0 Å². The number of benzene rings is 1. The van der Waals surface area contributed by atoms with Gasteiger partial charge in [0.25, 0.3) is 5.91 Å². The predicted octanol–water partition coefficient (Wildman–Crippen LogP) is 1.31. The third-order valence-electron chi connectivity index (χ3n) is 2.34. The normalized spacial score (nSPS) is 9.79. The summed E-state index contributed by atoms with van der Waals surface area (Å²) in [5.41, 5.74) is -0.128. The van der Waals surface area contributed by atoms with Gasteiger partial charge in [0.05, 0.1) is 17.7 Å². The molecule has 0 fully saturated rings. The number of rotatable bonds is 5. The van der Waals surface area contributed by atoms with Crippen LogP contribution in [0.2, 0.25) is 0 Å². The molecule has 1 aromatic rings. The molecule has 0 unspecified atom stereocenters. The van der Waals surface area contributed by atoms with Gasteiger partial charge in [-0.1, -0.05) is 0 Å². The summed E-state index contributed by atoms with van der Waals surface area (Å²) in [4.78, 5) is 34.3. The van der Waals surface area contributed by atoms with E-state index in [2.05, 4.69) is 5.32 Å². The Hall–Kier alpha value is -2.37. The Bertz CT molecular complexity index is 510. The number of carboxylic acids is 1. The molecular formula is C13H15NO5. The van der Waals surface area contributed by atoms with Crippen molar-refractivity contribution in [2.75, 3.05) is 13.2 Å². The maximum atomic E-state index is 11.6. The number of ether oxygens (including phenoxy) is 1. The number of nitrogens with one attached hydrogen (secondary N) is 1. The SMILES string of the molecule is CCNC(=O)c1ccc(C(=O)OCC)c(C(=O)O)c1. The van der Waals surface area contributed by atoms with Crippen molar-refractivity contribution in [1.29, 1.82) is 0 Å². The molecule has 0 saturated heterocycles. The van der Waals surface area contributed by atoms with Crippen molar-refractivity contribution in [1.82, 2.24) is 5.32 Å². The molecule has 1 rings (SSSR count). The summed E-state index contributed by atoms with van der Waals surface area (Å²) in [5, 5.41) is 11.6. The molecule has 0 radical (unpaired) electrons. The topological polar surface area (TPSA) is 92.7 Å². The molecular weight excluding hydrogens is 250 g/mol. The second-order valence-corrected chi connectivity index (χ2v) is 3.65. The van der Waals surface area contributed by atoms with Gasteiger partial charge >= 0.3 is 11.9 Å². The van der Waals surface area contributed by atoms with E-state index in [0.717, 1.165) is 0 Å². The first-order valence-corrected chi connectivity index (χ1v) is 5.83. The molecule has 1 amide bonds. The lowest BCUT2D eigenvalue weighted by molar-refractivity contribution is 0.0514. The van der Waals surface area contributed by atoms with Crippen molar-refractivity contribution in [2.45, 2.75) is 13.8 Å². The van der Waals surface area contributed by atoms with Crippen LogP contribution in [0.1, 0.15) is 44.9 Å². The molecule has 19 heavy (non-hydrogen) atoms. The Morgan fingerprint density at radius 2 is 1.89 bits per heavy atom. The second kappa shape index (κ2) is 6.53. The van der Waals surface area contributed by atoms with Gasteiger partial charge in [0.15, 0.2) is 0 Å². The van der Waals surface area contributed by atoms with Crippen LogP contribution in [-0.2, 0) is 4.74 Å². The molecule has 0 bridgehead atoms. The third kappa shape index (κ3) is 3.54. The lowest BCUT2D eigenvalue weighted by Crippen LogP contribution is -2.23. The summed E-state index contributed by atoms with van der Waals surface area (Å²) in [6, 6.07) is 3.84. The van der Waals surface area contributed by atoms with Gasteiger partial charge in [-0.05, 0) is 32.0 Å². The van der Waals surface area contributed by atoms with E-state index in [1.807, 2.05) is 0 Å². The number of amides is 1. The Balaban J connectivity index is 3.18. The number of carbonyl (C=O) groups excluding carboxylic acids is 2. The van der Waals surface area contributed by atoms with Crippen LogP contribution in [-0.4, -0.2) is 36.1 Å². The van der Waals surface area contributed by atoms with Gasteiger partial charge in [-0.15, -0.1) is 0 Å². The summed E-state index contributed by atoms with van der Waals surface area (Å²) < 4.78 is 4.76. The summed E-state index contributed by atoms with van der Waals surface area (Å²) >= 11 is 0. The molecule has 0 saturated carbocycles. The van der Waals surface area contributed by atoms with Gasteiger partial charge in [-0.2, -0.15) is 0 Å². The zero-order chi connectivity index (χ0) is 14.4. The van der Waals surface area contributed by atoms with Crippen LogP contribution in [0.5, 0.6) is 0 Å². The van der Waals surface area contributed by atoms with Crippen molar-refractivity contribution < 1.29 is 24.2 Å². The summed E-state index contributed by atoms with van der Waals surface area (Å²) in [6.45, 7) is 3.96. The quantitative estimate of drug-likeness (QED) is 0.783. The van der Waals surface area contributed by atoms with E-state index in [-0.39, 0.29) is 29.2 Å². The smallest absolute Gasteiger partial charge is 0.338 e. The average Bonchev–Trinajstić information content (AvgIpc) is 2.38. The Morgan fingerprint density at radius 1 is 1.21 bits per heavy atom. The number of aromatic carboxylic acids is 1. The fraction of sp³-hybridized carbons (Fsp3) is 0.308. The molecule has 0 atom stereocenters. The molecule has 2 N–H and O–H groups in total. The molecule has 102 valence electrons. The molecule has 0 heterocycles. The Labute approximate surface area is 110 Å². The summed E-state index contributed by atoms with van der Waals surface area (Å²) in [7, 11) is 0. The molecule has 0 spiro atoms. The number of hydrogen-bond acceptors (Lipinski definition) is 4. The van der Waals surface area contributed by atoms with Crippen molar-refractivity contribution in [2.24, 2.45) is 0 Å². The van der Waals surface area contributed by atoms with E-state index >= 15 is 0 Å². The second-order valence-electron chi connectivity index (χ2n) is 3.65. The van der Waals surface area contributed by atoms with Crippen LogP contribution < -0.4 is 5.32 Å². The molecule has 1 aromatic carbocycles. The van der Waals surface area contributed by atoms with Crippen molar-refractivity contribution in [3.63, 3.8) is 0 Å². The van der Waals surface area contributed by atoms with E-state index < -0.39 is 11.9 Å². The van der Waals surface area contributed by atoms with E-state index in [1.54, 1.807) is 13.8 Å². The fourth-order valence-electron chi connectivity index (χ4n) is 1.51. The first-order valence-electron chi connectivity index (χ1n) is 5.83. The Morgan fingerprint density at radius 3 is 2.42 bits per heavy atom. The summed E-state index contributed by atoms with van der Waals surface area (Å²) in [6.07, 6.45) is 0. The van der Waals surface area contributed by atoms with Crippen molar-refractivity contribution in [3.05, 3.63) is 34.9 Å². The van der Waals surface area contributed by atoms with Crippen LogP contribution in [0.15, 0.2) is 18.2 Å². The average molecular weight is 265 g/mol. The zero-order valence-electron chi connectivity index (χ0n) is 10.7. The van der Waals surface area contributed by atoms with Gasteiger partial charge in [0, 0.05) is 12.1 Å². The Kier molecular flexibility index (Phi) is 5.05. The standard InChI is InChI=1S/C13H15NO5/c1-3-14-11(15)8-5-6-9(13(18)19-4-2)10(7-8)12(16)17/h5-7H,3-4H2,1-2H3,(H,14,15)(H,16,17). The largest absolute Gasteiger partial charge is 0.478 e. The molecule has 6 heteroatoms. The zero-order valence-corrected chi connectivity index (χ0v) is 10.7. The van der Waals surface area contributed by atoms with Crippen LogP contribution >= 0.6 is 0 Å². The van der Waals surface area contributed by atoms with Gasteiger partial charge in [0.1, 0.15) is 0 Å². The van der Waals surface area contributed by atoms with E-state index in [9.17, 15) is 14.4 Å². The fourth-order valence-corrected chi connectivity index (χ4v) is 1.51. The number of esters is 1. The molecule has 0 aliphatic heterocycles. The number of carboxylic acid groups (broad SMARTS) is 1. The van der Waals surface area contributed by atoms with Gasteiger partial charge in [-0.25, -0.2) is 9.59 Å². The van der Waals surface area contributed by atoms with Crippen LogP contribution in [0.25, 0.3) is 0 Å². The highest BCUT2D eigenvalue weighted by atomic mass is 16.5. The lowest BCUT2D eigenvalue weighted by atomic mass is 10.0. The summed E-state index contributed by atoms with van der Waals surface area (Å²) in [5.74, 6) is -2.39. The lowest BCUT2D eigenvalue weighted by Gasteiger charge is -2.08. The minimum atomic E-state index is -1.28. The first-order chi connectivity index (χ1) is 9.01. The van der Waals surface area contributed by atoms with Gasteiger partial charge < -0.3 is 15.2 Å². The van der Waals surface area contributed by atoms with Crippen molar-refractivity contribution >= 4 is 17.8 Å². The van der Waals surface area contributed by atoms with E-state index in [4.69, 9.17) is 9.84 Å². The highest BCUT2D eigenvalue weighted by Gasteiger charge is 2.19. The van der Waals surface area contributed by atoms with E-state index in [1.165, 1.54) is 18.2 Å². The van der Waals surface area contributed by atoms with Crippen LogP contribution in [0.4, 0.5) is 0 Å². The number of carbonyl (C=O) groups is 3. The third-order valence-corrected chi connectivity index (χ3v) is 2.34. The maximum Gasteiger partial charge on any atom is 0.338 e. The first kappa shape index (κ1) is 14.7.